The quantitative estimate of drug-likeness (QED) is 0.286. The Hall–Kier alpha value is -3.40. The Labute approximate surface area is 208 Å². The Bertz CT molecular complexity index is 1280. The molecule has 176 valence electrons. The van der Waals surface area contributed by atoms with Crippen LogP contribution < -0.4 is 20.1 Å². The maximum absolute atomic E-state index is 12.6. The van der Waals surface area contributed by atoms with Crippen LogP contribution in [0, 0.1) is 0 Å². The number of benzene rings is 3. The van der Waals surface area contributed by atoms with Crippen LogP contribution in [0.4, 0.5) is 11.4 Å². The van der Waals surface area contributed by atoms with Crippen LogP contribution in [-0.2, 0) is 14.8 Å². The van der Waals surface area contributed by atoms with E-state index in [0.717, 1.165) is 5.56 Å². The summed E-state index contributed by atoms with van der Waals surface area (Å²) >= 11 is 11.0. The summed E-state index contributed by atoms with van der Waals surface area (Å²) in [7, 11) is -3.78. The predicted molar refractivity (Wildman–Crippen MR) is 140 cm³/mol. The number of nitrogens with one attached hydrogen (secondary N) is 3. The zero-order valence-corrected chi connectivity index (χ0v) is 20.5. The molecule has 3 N–H and O–H groups in total. The van der Waals surface area contributed by atoms with Gasteiger partial charge in [0.15, 0.2) is 5.11 Å². The lowest BCUT2D eigenvalue weighted by atomic mass is 10.2. The second-order valence-electron chi connectivity index (χ2n) is 6.92. The molecule has 0 aliphatic heterocycles. The number of hydrogen-bond acceptors (Lipinski definition) is 5. The molecule has 0 fully saturated rings. The fourth-order valence-corrected chi connectivity index (χ4v) is 4.18. The van der Waals surface area contributed by atoms with Crippen LogP contribution in [0.15, 0.2) is 83.8 Å². The first-order valence-electron chi connectivity index (χ1n) is 10.2. The van der Waals surface area contributed by atoms with Crippen molar-refractivity contribution in [2.75, 3.05) is 16.6 Å². The van der Waals surface area contributed by atoms with E-state index >= 15 is 0 Å². The predicted octanol–water partition coefficient (Wildman–Crippen LogP) is 5.07. The molecule has 0 radical (unpaired) electrons. The van der Waals surface area contributed by atoms with Gasteiger partial charge in [0.2, 0.25) is 5.91 Å². The second-order valence-corrected chi connectivity index (χ2v) is 9.44. The van der Waals surface area contributed by atoms with E-state index in [1.54, 1.807) is 66.7 Å². The molecule has 10 heteroatoms. The molecule has 34 heavy (non-hydrogen) atoms. The molecule has 0 saturated carbocycles. The number of carbonyl (C=O) groups is 1. The van der Waals surface area contributed by atoms with E-state index in [1.807, 2.05) is 6.92 Å². The molecule has 0 unspecified atom stereocenters. The highest BCUT2D eigenvalue weighted by molar-refractivity contribution is 7.92. The first-order chi connectivity index (χ1) is 16.2. The van der Waals surface area contributed by atoms with E-state index in [2.05, 4.69) is 15.4 Å². The lowest BCUT2D eigenvalue weighted by Crippen LogP contribution is -2.32. The van der Waals surface area contributed by atoms with Crippen LogP contribution in [0.1, 0.15) is 12.5 Å². The maximum Gasteiger partial charge on any atom is 0.261 e. The minimum Gasteiger partial charge on any atom is -0.494 e. The Morgan fingerprint density at radius 2 is 1.59 bits per heavy atom. The lowest BCUT2D eigenvalue weighted by molar-refractivity contribution is -0.115. The van der Waals surface area contributed by atoms with E-state index in [1.165, 1.54) is 18.2 Å². The monoisotopic (exact) mass is 515 g/mol. The van der Waals surface area contributed by atoms with E-state index in [9.17, 15) is 13.2 Å². The zero-order valence-electron chi connectivity index (χ0n) is 18.1. The average Bonchev–Trinajstić information content (AvgIpc) is 2.80. The summed E-state index contributed by atoms with van der Waals surface area (Å²) in [5, 5.41) is 6.06. The smallest absolute Gasteiger partial charge is 0.261 e. The number of amides is 1. The van der Waals surface area contributed by atoms with Gasteiger partial charge in [-0.1, -0.05) is 23.7 Å². The van der Waals surface area contributed by atoms with Gasteiger partial charge in [0.05, 0.1) is 11.5 Å². The molecule has 0 bridgehead atoms. The molecule has 0 saturated heterocycles. The number of sulfonamides is 1. The Kier molecular flexibility index (Phi) is 8.64. The minimum atomic E-state index is -3.78. The molecule has 1 amide bonds. The number of thiocarbonyl (C=S) groups is 1. The fourth-order valence-electron chi connectivity index (χ4n) is 2.78. The van der Waals surface area contributed by atoms with Gasteiger partial charge in [-0.3, -0.25) is 14.8 Å². The van der Waals surface area contributed by atoms with Crippen molar-refractivity contribution in [1.29, 1.82) is 0 Å². The molecule has 0 aliphatic carbocycles. The summed E-state index contributed by atoms with van der Waals surface area (Å²) in [6, 6.07) is 19.6. The number of hydrogen-bond donors (Lipinski definition) is 3. The van der Waals surface area contributed by atoms with Crippen molar-refractivity contribution in [2.45, 2.75) is 11.8 Å². The molecule has 0 aromatic heterocycles. The highest BCUT2D eigenvalue weighted by atomic mass is 35.5. The number of ether oxygens (including phenoxy) is 1. The minimum absolute atomic E-state index is 0.0767. The Morgan fingerprint density at radius 3 is 2.21 bits per heavy atom. The Balaban J connectivity index is 1.55. The lowest BCUT2D eigenvalue weighted by Gasteiger charge is -2.11. The topological polar surface area (TPSA) is 96.5 Å². The number of halogens is 1. The van der Waals surface area contributed by atoms with E-state index in [-0.39, 0.29) is 10.0 Å². The van der Waals surface area contributed by atoms with Gasteiger partial charge < -0.3 is 10.1 Å². The summed E-state index contributed by atoms with van der Waals surface area (Å²) < 4.78 is 33.1. The van der Waals surface area contributed by atoms with Crippen molar-refractivity contribution in [2.24, 2.45) is 0 Å². The largest absolute Gasteiger partial charge is 0.494 e. The summed E-state index contributed by atoms with van der Waals surface area (Å²) in [5.74, 6) is 0.246. The number of anilines is 2. The molecule has 3 aromatic rings. The van der Waals surface area contributed by atoms with Gasteiger partial charge in [-0.05, 0) is 91.4 Å². The van der Waals surface area contributed by atoms with Crippen molar-refractivity contribution >= 4 is 62.3 Å². The molecule has 3 rings (SSSR count). The summed E-state index contributed by atoms with van der Waals surface area (Å²) in [6.45, 7) is 2.40. The number of carbonyl (C=O) groups excluding carboxylic acids is 1. The van der Waals surface area contributed by atoms with Gasteiger partial charge in [0.1, 0.15) is 5.75 Å². The summed E-state index contributed by atoms with van der Waals surface area (Å²) in [4.78, 5) is 12.1. The maximum atomic E-state index is 12.6. The van der Waals surface area contributed by atoms with Crippen molar-refractivity contribution in [3.8, 4) is 5.75 Å². The van der Waals surface area contributed by atoms with Crippen molar-refractivity contribution in [1.82, 2.24) is 5.32 Å². The number of rotatable bonds is 8. The van der Waals surface area contributed by atoms with Crippen LogP contribution in [0.2, 0.25) is 5.02 Å². The average molecular weight is 516 g/mol. The molecular formula is C24H22ClN3O4S2. The second kappa shape index (κ2) is 11.6. The van der Waals surface area contributed by atoms with E-state index < -0.39 is 15.9 Å². The summed E-state index contributed by atoms with van der Waals surface area (Å²) in [5.41, 5.74) is 1.75. The molecule has 0 heterocycles. The van der Waals surface area contributed by atoms with Crippen LogP contribution in [0.25, 0.3) is 6.08 Å². The molecule has 0 aliphatic rings. The van der Waals surface area contributed by atoms with Crippen LogP contribution in [-0.4, -0.2) is 26.0 Å². The van der Waals surface area contributed by atoms with Crippen LogP contribution in [0.5, 0.6) is 5.75 Å². The highest BCUT2D eigenvalue weighted by Crippen LogP contribution is 2.21. The van der Waals surface area contributed by atoms with Gasteiger partial charge in [-0.25, -0.2) is 8.42 Å². The van der Waals surface area contributed by atoms with Crippen LogP contribution >= 0.6 is 23.8 Å². The zero-order chi connectivity index (χ0) is 24.6. The van der Waals surface area contributed by atoms with Gasteiger partial charge in [-0.2, -0.15) is 0 Å². The third-order valence-electron chi connectivity index (χ3n) is 4.37. The van der Waals surface area contributed by atoms with E-state index in [4.69, 9.17) is 28.6 Å². The molecular weight excluding hydrogens is 494 g/mol. The van der Waals surface area contributed by atoms with Crippen molar-refractivity contribution in [3.05, 3.63) is 89.5 Å². The van der Waals surface area contributed by atoms with Crippen molar-refractivity contribution in [3.63, 3.8) is 0 Å². The van der Waals surface area contributed by atoms with Crippen molar-refractivity contribution < 1.29 is 17.9 Å². The molecule has 3 aromatic carbocycles. The Morgan fingerprint density at radius 1 is 0.971 bits per heavy atom. The van der Waals surface area contributed by atoms with Gasteiger partial charge in [0.25, 0.3) is 10.0 Å². The van der Waals surface area contributed by atoms with Gasteiger partial charge in [-0.15, -0.1) is 0 Å². The molecule has 0 atom stereocenters. The van der Waals surface area contributed by atoms with Crippen LogP contribution in [0.3, 0.4) is 0 Å². The SMILES string of the molecule is CCOc1ccc(NS(=O)(=O)c2ccc(NC(=S)NC(=O)C=Cc3ccc(Cl)cc3)cc2)cc1. The van der Waals surface area contributed by atoms with Gasteiger partial charge >= 0.3 is 0 Å². The third-order valence-corrected chi connectivity index (χ3v) is 6.23. The third kappa shape index (κ3) is 7.58. The fraction of sp³-hybridized carbons (Fsp3) is 0.0833. The molecule has 0 spiro atoms. The van der Waals surface area contributed by atoms with E-state index in [0.29, 0.717) is 28.8 Å². The molecule has 7 nitrogen and oxygen atoms in total. The highest BCUT2D eigenvalue weighted by Gasteiger charge is 2.14. The van der Waals surface area contributed by atoms with Gasteiger partial charge in [0, 0.05) is 22.5 Å². The summed E-state index contributed by atoms with van der Waals surface area (Å²) in [6.07, 6.45) is 2.98. The first-order valence-corrected chi connectivity index (χ1v) is 12.4. The normalized spacial score (nSPS) is 11.1. The standard InChI is InChI=1S/C24H22ClN3O4S2/c1-2-32-21-12-8-20(9-13-21)28-34(30,31)22-14-10-19(11-15-22)26-24(33)27-23(29)16-5-17-3-6-18(25)7-4-17/h3-16,28H,2H2,1H3,(H2,26,27,29,33). The first kappa shape index (κ1) is 25.2.